The van der Waals surface area contributed by atoms with Crippen LogP contribution in [-0.4, -0.2) is 56.2 Å². The Morgan fingerprint density at radius 2 is 1.89 bits per heavy atom. The van der Waals surface area contributed by atoms with Crippen molar-refractivity contribution in [3.05, 3.63) is 52.9 Å². The summed E-state index contributed by atoms with van der Waals surface area (Å²) in [7, 11) is 0.270. The number of sulfonamides is 1. The van der Waals surface area contributed by atoms with E-state index in [1.807, 2.05) is 56.3 Å². The molecule has 1 atom stereocenters. The van der Waals surface area contributed by atoms with Gasteiger partial charge >= 0.3 is 0 Å². The molecule has 3 rings (SSSR count). The summed E-state index contributed by atoms with van der Waals surface area (Å²) in [4.78, 5) is 1.85. The Labute approximate surface area is 166 Å². The van der Waals surface area contributed by atoms with Gasteiger partial charge in [0.05, 0.1) is 6.54 Å². The van der Waals surface area contributed by atoms with Crippen molar-refractivity contribution in [2.45, 2.75) is 25.9 Å². The summed E-state index contributed by atoms with van der Waals surface area (Å²) < 4.78 is 32.7. The van der Waals surface area contributed by atoms with Gasteiger partial charge in [-0.1, -0.05) is 29.8 Å². The molecule has 1 aliphatic heterocycles. The van der Waals surface area contributed by atoms with Crippen molar-refractivity contribution >= 4 is 21.9 Å². The summed E-state index contributed by atoms with van der Waals surface area (Å²) in [5.74, 6) is 1.14. The fraction of sp³-hybridized carbons (Fsp3) is 0.400. The topological polar surface area (TPSA) is 75.6 Å². The molecular formula is C20H26N4O3S. The molecule has 1 aromatic carbocycles. The Balaban J connectivity index is 1.63. The molecule has 1 unspecified atom stereocenters. The monoisotopic (exact) mass is 402 g/mol. The van der Waals surface area contributed by atoms with Crippen molar-refractivity contribution < 1.29 is 13.2 Å². The second-order valence-electron chi connectivity index (χ2n) is 7.12. The molecule has 2 aromatic rings. The van der Waals surface area contributed by atoms with Crippen LogP contribution in [0.1, 0.15) is 24.0 Å². The SMILES string of the molecule is Cc1ccc(/C=C/S(=O)(=O)N2CCCC(Oc3ccc(N(C)C)nn3)C2)cc1. The van der Waals surface area contributed by atoms with Gasteiger partial charge in [0.2, 0.25) is 15.9 Å². The Morgan fingerprint density at radius 3 is 2.54 bits per heavy atom. The van der Waals surface area contributed by atoms with Gasteiger partial charge in [0.1, 0.15) is 6.10 Å². The van der Waals surface area contributed by atoms with Gasteiger partial charge in [0.15, 0.2) is 5.82 Å². The minimum absolute atomic E-state index is 0.240. The van der Waals surface area contributed by atoms with Crippen LogP contribution in [0.25, 0.3) is 6.08 Å². The maximum atomic E-state index is 12.7. The molecule has 8 heteroatoms. The number of anilines is 1. The Bertz CT molecular complexity index is 909. The number of benzene rings is 1. The van der Waals surface area contributed by atoms with Crippen LogP contribution >= 0.6 is 0 Å². The summed E-state index contributed by atoms with van der Waals surface area (Å²) >= 11 is 0. The van der Waals surface area contributed by atoms with E-state index in [1.54, 1.807) is 12.1 Å². The number of aryl methyl sites for hydroxylation is 1. The van der Waals surface area contributed by atoms with Crippen molar-refractivity contribution in [3.8, 4) is 5.88 Å². The van der Waals surface area contributed by atoms with Gasteiger partial charge in [-0.05, 0) is 37.5 Å². The first-order valence-electron chi connectivity index (χ1n) is 9.26. The Kier molecular flexibility index (Phi) is 6.31. The van der Waals surface area contributed by atoms with Crippen molar-refractivity contribution in [3.63, 3.8) is 0 Å². The van der Waals surface area contributed by atoms with Crippen molar-refractivity contribution in [1.29, 1.82) is 0 Å². The van der Waals surface area contributed by atoms with E-state index in [-0.39, 0.29) is 6.10 Å². The molecule has 2 heterocycles. The lowest BCUT2D eigenvalue weighted by atomic mass is 10.1. The molecule has 150 valence electrons. The Hall–Kier alpha value is -2.45. The van der Waals surface area contributed by atoms with Crippen LogP contribution in [0.2, 0.25) is 0 Å². The van der Waals surface area contributed by atoms with E-state index < -0.39 is 10.0 Å². The molecule has 0 aliphatic carbocycles. The lowest BCUT2D eigenvalue weighted by Crippen LogP contribution is -2.43. The summed E-state index contributed by atoms with van der Waals surface area (Å²) in [5, 5.41) is 9.43. The Morgan fingerprint density at radius 1 is 1.14 bits per heavy atom. The number of ether oxygens (including phenoxy) is 1. The average Bonchev–Trinajstić information content (AvgIpc) is 2.68. The van der Waals surface area contributed by atoms with E-state index in [2.05, 4.69) is 10.2 Å². The highest BCUT2D eigenvalue weighted by atomic mass is 32.2. The molecule has 1 saturated heterocycles. The molecule has 1 aliphatic rings. The minimum Gasteiger partial charge on any atom is -0.472 e. The molecule has 0 radical (unpaired) electrons. The fourth-order valence-corrected chi connectivity index (χ4v) is 4.20. The summed E-state index contributed by atoms with van der Waals surface area (Å²) in [6, 6.07) is 11.3. The molecule has 0 spiro atoms. The molecule has 0 amide bonds. The average molecular weight is 403 g/mol. The highest BCUT2D eigenvalue weighted by Gasteiger charge is 2.28. The number of hydrogen-bond acceptors (Lipinski definition) is 6. The molecule has 7 nitrogen and oxygen atoms in total. The summed E-state index contributed by atoms with van der Waals surface area (Å²) in [6.45, 7) is 2.79. The molecule has 28 heavy (non-hydrogen) atoms. The molecule has 1 fully saturated rings. The van der Waals surface area contributed by atoms with Gasteiger partial charge in [0.25, 0.3) is 0 Å². The number of hydrogen-bond donors (Lipinski definition) is 0. The summed E-state index contributed by atoms with van der Waals surface area (Å²) in [5.41, 5.74) is 1.99. The smallest absolute Gasteiger partial charge is 0.236 e. The predicted octanol–water partition coefficient (Wildman–Crippen LogP) is 2.69. The maximum Gasteiger partial charge on any atom is 0.236 e. The van der Waals surface area contributed by atoms with Gasteiger partial charge in [-0.2, -0.15) is 4.31 Å². The molecule has 0 saturated carbocycles. The molecule has 1 aromatic heterocycles. The van der Waals surface area contributed by atoms with Crippen LogP contribution in [0, 0.1) is 6.92 Å². The zero-order valence-corrected chi connectivity index (χ0v) is 17.3. The lowest BCUT2D eigenvalue weighted by Gasteiger charge is -2.30. The van der Waals surface area contributed by atoms with Gasteiger partial charge in [-0.15, -0.1) is 10.2 Å². The number of piperidine rings is 1. The first-order chi connectivity index (χ1) is 13.3. The standard InChI is InChI=1S/C20H26N4O3S/c1-16-6-8-17(9-7-16)12-14-28(25,26)24-13-4-5-18(15-24)27-20-11-10-19(21-22-20)23(2)3/h6-12,14,18H,4-5,13,15H2,1-3H3/b14-12+. The van der Waals surface area contributed by atoms with Crippen molar-refractivity contribution in [2.75, 3.05) is 32.1 Å². The number of aromatic nitrogens is 2. The third-order valence-corrected chi connectivity index (χ3v) is 6.11. The quantitative estimate of drug-likeness (QED) is 0.740. The predicted molar refractivity (Wildman–Crippen MR) is 111 cm³/mol. The molecule has 0 N–H and O–H groups in total. The van der Waals surface area contributed by atoms with Crippen molar-refractivity contribution in [1.82, 2.24) is 14.5 Å². The van der Waals surface area contributed by atoms with E-state index >= 15 is 0 Å². The van der Waals surface area contributed by atoms with E-state index in [0.717, 1.165) is 29.8 Å². The third-order valence-electron chi connectivity index (χ3n) is 4.58. The van der Waals surface area contributed by atoms with E-state index in [9.17, 15) is 8.42 Å². The van der Waals surface area contributed by atoms with Crippen LogP contribution in [0.5, 0.6) is 5.88 Å². The van der Waals surface area contributed by atoms with Crippen LogP contribution < -0.4 is 9.64 Å². The largest absolute Gasteiger partial charge is 0.472 e. The van der Waals surface area contributed by atoms with Gasteiger partial charge in [-0.3, -0.25) is 0 Å². The first-order valence-corrected chi connectivity index (χ1v) is 10.8. The van der Waals surface area contributed by atoms with Crippen LogP contribution in [-0.2, 0) is 10.0 Å². The van der Waals surface area contributed by atoms with Crippen LogP contribution in [0.15, 0.2) is 41.8 Å². The highest BCUT2D eigenvalue weighted by Crippen LogP contribution is 2.20. The first kappa shape index (κ1) is 20.3. The zero-order valence-electron chi connectivity index (χ0n) is 16.4. The number of rotatable bonds is 6. The van der Waals surface area contributed by atoms with Gasteiger partial charge in [0, 0.05) is 32.1 Å². The molecular weight excluding hydrogens is 376 g/mol. The number of nitrogens with zero attached hydrogens (tertiary/aromatic N) is 4. The second-order valence-corrected chi connectivity index (χ2v) is 8.94. The van der Waals surface area contributed by atoms with Gasteiger partial charge in [-0.25, -0.2) is 8.42 Å². The molecule has 0 bridgehead atoms. The zero-order chi connectivity index (χ0) is 20.1. The van der Waals surface area contributed by atoms with E-state index in [0.29, 0.717) is 19.0 Å². The van der Waals surface area contributed by atoms with Crippen molar-refractivity contribution in [2.24, 2.45) is 0 Å². The van der Waals surface area contributed by atoms with Gasteiger partial charge < -0.3 is 9.64 Å². The van der Waals surface area contributed by atoms with Crippen LogP contribution in [0.3, 0.4) is 0 Å². The third kappa shape index (κ3) is 5.30. The highest BCUT2D eigenvalue weighted by molar-refractivity contribution is 7.92. The van der Waals surface area contributed by atoms with Crippen LogP contribution in [0.4, 0.5) is 5.82 Å². The second kappa shape index (κ2) is 8.70. The lowest BCUT2D eigenvalue weighted by molar-refractivity contribution is 0.124. The fourth-order valence-electron chi connectivity index (χ4n) is 2.95. The normalized spacial score (nSPS) is 18.3. The van der Waals surface area contributed by atoms with E-state index in [4.69, 9.17) is 4.74 Å². The minimum atomic E-state index is -3.50. The maximum absolute atomic E-state index is 12.7. The summed E-state index contributed by atoms with van der Waals surface area (Å²) in [6.07, 6.45) is 2.91. The van der Waals surface area contributed by atoms with E-state index in [1.165, 1.54) is 9.71 Å².